The molecular weight excluding hydrogens is 486 g/mol. The molecule has 0 spiro atoms. The van der Waals surface area contributed by atoms with E-state index in [0.29, 0.717) is 31.9 Å². The molecule has 0 saturated carbocycles. The Morgan fingerprint density at radius 2 is 1.77 bits per heavy atom. The molecule has 1 aliphatic rings. The van der Waals surface area contributed by atoms with Crippen LogP contribution in [0.3, 0.4) is 0 Å². The Morgan fingerprint density at radius 1 is 1.11 bits per heavy atom. The molecule has 1 heterocycles. The van der Waals surface area contributed by atoms with Crippen LogP contribution in [0.5, 0.6) is 5.75 Å². The Morgan fingerprint density at radius 3 is 2.37 bits per heavy atom. The van der Waals surface area contributed by atoms with Gasteiger partial charge in [0, 0.05) is 19.6 Å². The first-order valence-corrected chi connectivity index (χ1v) is 14.5. The molecule has 0 unspecified atom stereocenters. The lowest BCUT2D eigenvalue weighted by Crippen LogP contribution is -2.50. The molecule has 0 aromatic heterocycles. The number of aryl methyl sites for hydroxylation is 1. The van der Waals surface area contributed by atoms with Crippen molar-refractivity contribution < 1.29 is 22.7 Å². The number of amides is 1. The standard InChI is InChI=1S/C25H35N3O5S2/c1-19-4-10-22(11-5-19)35(30,31)27-23(12-17-34-3)25(29)26-18-24(28-13-15-33-16-14-28)20-6-8-21(32-2)9-7-20/h4-11,23-24,27H,12-18H2,1-3H3,(H,26,29)/t23-,24-/m0/s1. The van der Waals surface area contributed by atoms with Crippen LogP contribution < -0.4 is 14.8 Å². The number of hydrogen-bond acceptors (Lipinski definition) is 7. The molecule has 2 N–H and O–H groups in total. The van der Waals surface area contributed by atoms with Crippen molar-refractivity contribution in [3.63, 3.8) is 0 Å². The predicted octanol–water partition coefficient (Wildman–Crippen LogP) is 2.59. The quantitative estimate of drug-likeness (QED) is 0.443. The van der Waals surface area contributed by atoms with Gasteiger partial charge in [-0.25, -0.2) is 8.42 Å². The second-order valence-electron chi connectivity index (χ2n) is 8.45. The number of nitrogens with one attached hydrogen (secondary N) is 2. The van der Waals surface area contributed by atoms with Crippen LogP contribution in [0.15, 0.2) is 53.4 Å². The average Bonchev–Trinajstić information content (AvgIpc) is 2.87. The van der Waals surface area contributed by atoms with Crippen molar-refractivity contribution in [1.29, 1.82) is 0 Å². The number of morpholine rings is 1. The molecule has 8 nitrogen and oxygen atoms in total. The van der Waals surface area contributed by atoms with Gasteiger partial charge in [0.15, 0.2) is 0 Å². The Kier molecular flexibility index (Phi) is 10.4. The van der Waals surface area contributed by atoms with E-state index in [1.165, 1.54) is 0 Å². The zero-order valence-electron chi connectivity index (χ0n) is 20.5. The molecule has 1 saturated heterocycles. The Bertz CT molecular complexity index is 1040. The van der Waals surface area contributed by atoms with Crippen molar-refractivity contribution in [2.75, 3.05) is 52.0 Å². The third kappa shape index (κ3) is 7.94. The number of sulfonamides is 1. The summed E-state index contributed by atoms with van der Waals surface area (Å²) in [6, 6.07) is 13.5. The zero-order valence-corrected chi connectivity index (χ0v) is 22.2. The van der Waals surface area contributed by atoms with Gasteiger partial charge in [-0.05, 0) is 55.2 Å². The number of ether oxygens (including phenoxy) is 2. The molecule has 2 atom stereocenters. The summed E-state index contributed by atoms with van der Waals surface area (Å²) >= 11 is 1.57. The summed E-state index contributed by atoms with van der Waals surface area (Å²) in [5, 5.41) is 3.01. The van der Waals surface area contributed by atoms with Crippen molar-refractivity contribution in [2.45, 2.75) is 30.3 Å². The molecule has 0 bridgehead atoms. The van der Waals surface area contributed by atoms with Gasteiger partial charge in [0.05, 0.1) is 31.3 Å². The molecule has 3 rings (SSSR count). The largest absolute Gasteiger partial charge is 0.497 e. The van der Waals surface area contributed by atoms with Crippen LogP contribution in [0.4, 0.5) is 0 Å². The van der Waals surface area contributed by atoms with E-state index < -0.39 is 16.1 Å². The van der Waals surface area contributed by atoms with Gasteiger partial charge in [-0.3, -0.25) is 9.69 Å². The number of hydrogen-bond donors (Lipinski definition) is 2. The number of nitrogens with zero attached hydrogens (tertiary/aromatic N) is 1. The normalized spacial score (nSPS) is 16.4. The van der Waals surface area contributed by atoms with Crippen molar-refractivity contribution in [3.05, 3.63) is 59.7 Å². The van der Waals surface area contributed by atoms with Gasteiger partial charge in [-0.15, -0.1) is 0 Å². The van der Waals surface area contributed by atoms with Gasteiger partial charge in [-0.1, -0.05) is 29.8 Å². The first kappa shape index (κ1) is 27.5. The molecule has 1 aliphatic heterocycles. The highest BCUT2D eigenvalue weighted by Crippen LogP contribution is 2.24. The zero-order chi connectivity index (χ0) is 25.3. The van der Waals surface area contributed by atoms with E-state index in [2.05, 4.69) is 14.9 Å². The Hall–Kier alpha value is -2.11. The second kappa shape index (κ2) is 13.3. The van der Waals surface area contributed by atoms with Crippen molar-refractivity contribution in [3.8, 4) is 5.75 Å². The van der Waals surface area contributed by atoms with Gasteiger partial charge in [-0.2, -0.15) is 16.5 Å². The number of benzene rings is 2. The fraction of sp³-hybridized carbons (Fsp3) is 0.480. The van der Waals surface area contributed by atoms with E-state index in [0.717, 1.165) is 30.0 Å². The summed E-state index contributed by atoms with van der Waals surface area (Å²) in [5.41, 5.74) is 2.02. The van der Waals surface area contributed by atoms with Crippen LogP contribution in [-0.2, 0) is 19.6 Å². The highest BCUT2D eigenvalue weighted by molar-refractivity contribution is 7.98. The molecule has 1 fully saturated rings. The second-order valence-corrected chi connectivity index (χ2v) is 11.2. The van der Waals surface area contributed by atoms with Crippen LogP contribution in [0, 0.1) is 6.92 Å². The van der Waals surface area contributed by atoms with Crippen molar-refractivity contribution >= 4 is 27.7 Å². The van der Waals surface area contributed by atoms with Gasteiger partial charge in [0.2, 0.25) is 15.9 Å². The topological polar surface area (TPSA) is 97.0 Å². The summed E-state index contributed by atoms with van der Waals surface area (Å²) in [6.45, 7) is 5.02. The third-order valence-electron chi connectivity index (χ3n) is 6.01. The maximum absolute atomic E-state index is 13.2. The highest BCUT2D eigenvalue weighted by Gasteiger charge is 2.28. The molecule has 1 amide bonds. The SMILES string of the molecule is COc1ccc([C@H](CNC(=O)[C@H](CCSC)NS(=O)(=O)c2ccc(C)cc2)N2CCOCC2)cc1. The summed E-state index contributed by atoms with van der Waals surface area (Å²) < 4.78 is 39.3. The van der Waals surface area contributed by atoms with Gasteiger partial charge in [0.25, 0.3) is 0 Å². The first-order chi connectivity index (χ1) is 16.8. The van der Waals surface area contributed by atoms with E-state index in [-0.39, 0.29) is 16.8 Å². The first-order valence-electron chi connectivity index (χ1n) is 11.7. The average molecular weight is 522 g/mol. The number of methoxy groups -OCH3 is 1. The van der Waals surface area contributed by atoms with Crippen LogP contribution >= 0.6 is 11.8 Å². The van der Waals surface area contributed by atoms with Gasteiger partial charge >= 0.3 is 0 Å². The van der Waals surface area contributed by atoms with E-state index in [9.17, 15) is 13.2 Å². The molecule has 35 heavy (non-hydrogen) atoms. The van der Waals surface area contributed by atoms with Crippen molar-refractivity contribution in [2.24, 2.45) is 0 Å². The lowest BCUT2D eigenvalue weighted by Gasteiger charge is -2.35. The van der Waals surface area contributed by atoms with Crippen LogP contribution in [0.1, 0.15) is 23.6 Å². The fourth-order valence-electron chi connectivity index (χ4n) is 3.95. The minimum atomic E-state index is -3.83. The van der Waals surface area contributed by atoms with E-state index >= 15 is 0 Å². The number of thioether (sulfide) groups is 1. The van der Waals surface area contributed by atoms with E-state index in [4.69, 9.17) is 9.47 Å². The van der Waals surface area contributed by atoms with Crippen molar-refractivity contribution in [1.82, 2.24) is 14.9 Å². The summed E-state index contributed by atoms with van der Waals surface area (Å²) in [4.78, 5) is 15.6. The van der Waals surface area contributed by atoms with Crippen LogP contribution in [0.25, 0.3) is 0 Å². The highest BCUT2D eigenvalue weighted by atomic mass is 32.2. The van der Waals surface area contributed by atoms with E-state index in [1.807, 2.05) is 37.4 Å². The lowest BCUT2D eigenvalue weighted by molar-refractivity contribution is -0.123. The van der Waals surface area contributed by atoms with Crippen LogP contribution in [0.2, 0.25) is 0 Å². The summed E-state index contributed by atoms with van der Waals surface area (Å²) in [6.07, 6.45) is 2.32. The maximum atomic E-state index is 13.2. The molecular formula is C25H35N3O5S2. The Labute approximate surface area is 212 Å². The molecule has 0 radical (unpaired) electrons. The minimum Gasteiger partial charge on any atom is -0.497 e. The van der Waals surface area contributed by atoms with Crippen LogP contribution in [-0.4, -0.2) is 77.2 Å². The number of carbonyl (C=O) groups excluding carboxylic acids is 1. The van der Waals surface area contributed by atoms with Gasteiger partial charge in [0.1, 0.15) is 11.8 Å². The summed E-state index contributed by atoms with van der Waals surface area (Å²) in [7, 11) is -2.21. The van der Waals surface area contributed by atoms with E-state index in [1.54, 1.807) is 43.1 Å². The predicted molar refractivity (Wildman–Crippen MR) is 139 cm³/mol. The van der Waals surface area contributed by atoms with Gasteiger partial charge < -0.3 is 14.8 Å². The molecule has 0 aliphatic carbocycles. The molecule has 2 aromatic carbocycles. The number of rotatable bonds is 12. The minimum absolute atomic E-state index is 0.0661. The fourth-order valence-corrected chi connectivity index (χ4v) is 5.65. The monoisotopic (exact) mass is 521 g/mol. The molecule has 10 heteroatoms. The molecule has 192 valence electrons. The number of carbonyl (C=O) groups is 1. The third-order valence-corrected chi connectivity index (χ3v) is 8.14. The molecule has 2 aromatic rings. The smallest absolute Gasteiger partial charge is 0.241 e. The Balaban J connectivity index is 1.74. The maximum Gasteiger partial charge on any atom is 0.241 e. The lowest BCUT2D eigenvalue weighted by atomic mass is 10.0. The summed E-state index contributed by atoms with van der Waals surface area (Å²) in [5.74, 6) is 1.09.